The molecule has 1 aliphatic heterocycles. The minimum absolute atomic E-state index is 0.0516. The van der Waals surface area contributed by atoms with Crippen molar-refractivity contribution < 1.29 is 14.2 Å². The average molecular weight is 159 g/mol. The third-order valence-electron chi connectivity index (χ3n) is 1.34. The predicted molar refractivity (Wildman–Crippen MR) is 41.3 cm³/mol. The van der Waals surface area contributed by atoms with E-state index in [1.54, 1.807) is 0 Å². The van der Waals surface area contributed by atoms with Crippen molar-refractivity contribution in [1.82, 2.24) is 0 Å². The maximum absolute atomic E-state index is 5.23. The van der Waals surface area contributed by atoms with Gasteiger partial charge in [-0.25, -0.2) is 0 Å². The molecule has 1 aliphatic rings. The summed E-state index contributed by atoms with van der Waals surface area (Å²) in [4.78, 5) is 0. The van der Waals surface area contributed by atoms with Crippen LogP contribution in [0.1, 0.15) is 6.92 Å². The Labute approximate surface area is 67.6 Å². The van der Waals surface area contributed by atoms with Crippen LogP contribution in [0.2, 0.25) is 0 Å². The number of epoxide rings is 1. The van der Waals surface area contributed by atoms with E-state index >= 15 is 0 Å². The quantitative estimate of drug-likeness (QED) is 0.421. The summed E-state index contributed by atoms with van der Waals surface area (Å²) in [5.41, 5.74) is 0. The molecular formula is C8H15O3. The van der Waals surface area contributed by atoms with Gasteiger partial charge in [-0.3, -0.25) is 0 Å². The minimum atomic E-state index is 0.0516. The lowest BCUT2D eigenvalue weighted by Crippen LogP contribution is -2.11. The van der Waals surface area contributed by atoms with E-state index in [4.69, 9.17) is 14.2 Å². The molecule has 0 bridgehead atoms. The first kappa shape index (κ1) is 8.97. The van der Waals surface area contributed by atoms with E-state index in [0.29, 0.717) is 25.9 Å². The molecule has 1 fully saturated rings. The van der Waals surface area contributed by atoms with Gasteiger partial charge in [-0.2, -0.15) is 0 Å². The molecular weight excluding hydrogens is 144 g/mol. The summed E-state index contributed by atoms with van der Waals surface area (Å²) in [5, 5.41) is 0. The predicted octanol–water partition coefficient (Wildman–Crippen LogP) is 0.641. The van der Waals surface area contributed by atoms with Gasteiger partial charge in [-0.1, -0.05) is 0 Å². The molecule has 1 saturated heterocycles. The Hall–Kier alpha value is -0.120. The van der Waals surface area contributed by atoms with Crippen molar-refractivity contribution in [3.8, 4) is 0 Å². The van der Waals surface area contributed by atoms with Crippen LogP contribution in [0.4, 0.5) is 0 Å². The van der Waals surface area contributed by atoms with E-state index < -0.39 is 0 Å². The fraction of sp³-hybridized carbons (Fsp3) is 0.875. The Bertz CT molecular complexity index is 95.5. The molecule has 0 aliphatic carbocycles. The summed E-state index contributed by atoms with van der Waals surface area (Å²) in [5.74, 6) is 0. The molecule has 1 rings (SSSR count). The van der Waals surface area contributed by atoms with Gasteiger partial charge in [0.2, 0.25) is 0 Å². The smallest absolute Gasteiger partial charge is 0.104 e. The molecule has 11 heavy (non-hydrogen) atoms. The molecule has 2 atom stereocenters. The Morgan fingerprint density at radius 2 is 2.36 bits per heavy atom. The molecule has 0 amide bonds. The third-order valence-corrected chi connectivity index (χ3v) is 1.34. The normalized spacial score (nSPS) is 22.6. The molecule has 0 spiro atoms. The summed E-state index contributed by atoms with van der Waals surface area (Å²) < 4.78 is 15.4. The maximum Gasteiger partial charge on any atom is 0.104 e. The van der Waals surface area contributed by atoms with E-state index in [1.165, 1.54) is 0 Å². The Balaban J connectivity index is 1.73. The second kappa shape index (κ2) is 4.70. The van der Waals surface area contributed by atoms with Gasteiger partial charge in [-0.15, -0.1) is 0 Å². The monoisotopic (exact) mass is 159 g/mol. The molecule has 3 heteroatoms. The van der Waals surface area contributed by atoms with Crippen molar-refractivity contribution in [3.05, 3.63) is 6.92 Å². The molecule has 1 heterocycles. The van der Waals surface area contributed by atoms with Crippen LogP contribution in [0.15, 0.2) is 0 Å². The molecule has 2 unspecified atom stereocenters. The highest BCUT2D eigenvalue weighted by Gasteiger charge is 2.21. The Kier molecular flexibility index (Phi) is 3.83. The van der Waals surface area contributed by atoms with E-state index in [-0.39, 0.29) is 6.10 Å². The lowest BCUT2D eigenvalue weighted by molar-refractivity contribution is 0.0243. The number of rotatable bonds is 6. The second-order valence-electron chi connectivity index (χ2n) is 2.71. The zero-order valence-electron chi connectivity index (χ0n) is 6.91. The molecule has 0 saturated carbocycles. The molecule has 0 aromatic heterocycles. The molecule has 3 nitrogen and oxygen atoms in total. The Morgan fingerprint density at radius 3 is 2.91 bits per heavy atom. The molecule has 0 N–H and O–H groups in total. The summed E-state index contributed by atoms with van der Waals surface area (Å²) >= 11 is 0. The van der Waals surface area contributed by atoms with Gasteiger partial charge in [0, 0.05) is 0 Å². The topological polar surface area (TPSA) is 31.0 Å². The standard InChI is InChI=1S/C8H15O3/c1-7(2)10-4-3-9-5-8-6-11-8/h7-8H,1,3-6H2,2H3. The number of hydrogen-bond acceptors (Lipinski definition) is 3. The number of ether oxygens (including phenoxy) is 3. The summed E-state index contributed by atoms with van der Waals surface area (Å²) in [7, 11) is 0. The maximum atomic E-state index is 5.23. The van der Waals surface area contributed by atoms with E-state index in [9.17, 15) is 0 Å². The summed E-state index contributed by atoms with van der Waals surface area (Å²) in [6.45, 7) is 8.41. The zero-order valence-corrected chi connectivity index (χ0v) is 6.91. The number of hydrogen-bond donors (Lipinski definition) is 0. The zero-order chi connectivity index (χ0) is 8.10. The van der Waals surface area contributed by atoms with Crippen LogP contribution >= 0.6 is 0 Å². The van der Waals surface area contributed by atoms with Gasteiger partial charge < -0.3 is 14.2 Å². The molecule has 1 radical (unpaired) electrons. The van der Waals surface area contributed by atoms with Gasteiger partial charge in [0.15, 0.2) is 0 Å². The van der Waals surface area contributed by atoms with E-state index in [2.05, 4.69) is 6.92 Å². The van der Waals surface area contributed by atoms with Crippen LogP contribution in [0.5, 0.6) is 0 Å². The van der Waals surface area contributed by atoms with Gasteiger partial charge >= 0.3 is 0 Å². The fourth-order valence-electron chi connectivity index (χ4n) is 0.687. The lowest BCUT2D eigenvalue weighted by Gasteiger charge is -2.06. The third kappa shape index (κ3) is 5.18. The molecule has 65 valence electrons. The van der Waals surface area contributed by atoms with Crippen molar-refractivity contribution in [2.24, 2.45) is 0 Å². The highest BCUT2D eigenvalue weighted by molar-refractivity contribution is 4.66. The Morgan fingerprint density at radius 1 is 1.64 bits per heavy atom. The fourth-order valence-corrected chi connectivity index (χ4v) is 0.687. The average Bonchev–Trinajstić information content (AvgIpc) is 2.70. The highest BCUT2D eigenvalue weighted by atomic mass is 16.6. The van der Waals surface area contributed by atoms with Crippen LogP contribution in [0, 0.1) is 6.92 Å². The largest absolute Gasteiger partial charge is 0.376 e. The van der Waals surface area contributed by atoms with Gasteiger partial charge in [0.05, 0.1) is 32.5 Å². The van der Waals surface area contributed by atoms with Crippen LogP contribution < -0.4 is 0 Å². The van der Waals surface area contributed by atoms with Crippen molar-refractivity contribution >= 4 is 0 Å². The van der Waals surface area contributed by atoms with Crippen molar-refractivity contribution in [2.75, 3.05) is 26.4 Å². The van der Waals surface area contributed by atoms with Crippen molar-refractivity contribution in [1.29, 1.82) is 0 Å². The van der Waals surface area contributed by atoms with Crippen LogP contribution in [-0.4, -0.2) is 38.6 Å². The first-order valence-corrected chi connectivity index (χ1v) is 3.93. The summed E-state index contributed by atoms with van der Waals surface area (Å²) in [6.07, 6.45) is 0.406. The van der Waals surface area contributed by atoms with E-state index in [0.717, 1.165) is 6.61 Å². The second-order valence-corrected chi connectivity index (χ2v) is 2.71. The van der Waals surface area contributed by atoms with Crippen LogP contribution in [-0.2, 0) is 14.2 Å². The summed E-state index contributed by atoms with van der Waals surface area (Å²) in [6, 6.07) is 0. The van der Waals surface area contributed by atoms with Gasteiger partial charge in [0.1, 0.15) is 6.10 Å². The molecule has 0 aromatic rings. The van der Waals surface area contributed by atoms with Crippen molar-refractivity contribution in [2.45, 2.75) is 19.1 Å². The van der Waals surface area contributed by atoms with Crippen LogP contribution in [0.25, 0.3) is 0 Å². The first-order valence-electron chi connectivity index (χ1n) is 3.93. The van der Waals surface area contributed by atoms with Crippen LogP contribution in [0.3, 0.4) is 0 Å². The van der Waals surface area contributed by atoms with Crippen molar-refractivity contribution in [3.63, 3.8) is 0 Å². The van der Waals surface area contributed by atoms with E-state index in [1.807, 2.05) is 6.92 Å². The SMILES string of the molecule is [CH2]C(C)OCCOCC1CO1. The first-order chi connectivity index (χ1) is 5.29. The van der Waals surface area contributed by atoms with Gasteiger partial charge in [-0.05, 0) is 13.8 Å². The minimum Gasteiger partial charge on any atom is -0.376 e. The lowest BCUT2D eigenvalue weighted by atomic mass is 10.5. The van der Waals surface area contributed by atoms with Gasteiger partial charge in [0.25, 0.3) is 0 Å². The highest BCUT2D eigenvalue weighted by Crippen LogP contribution is 2.07. The molecule has 0 aromatic carbocycles.